The summed E-state index contributed by atoms with van der Waals surface area (Å²) in [4.78, 5) is 4.27. The Hall–Kier alpha value is -2.89. The number of nitrogens with zero attached hydrogens (tertiary/aromatic N) is 4. The molecular formula is C17H19N5O. The Morgan fingerprint density at radius 1 is 1.17 bits per heavy atom. The molecule has 118 valence electrons. The van der Waals surface area contributed by atoms with E-state index in [0.29, 0.717) is 0 Å². The third-order valence-corrected chi connectivity index (χ3v) is 3.67. The number of imidazole rings is 1. The smallest absolute Gasteiger partial charge is 0.160 e. The molecule has 3 rings (SSSR count). The van der Waals surface area contributed by atoms with Crippen LogP contribution in [0.5, 0.6) is 5.75 Å². The first-order valence-electron chi connectivity index (χ1n) is 7.39. The van der Waals surface area contributed by atoms with Crippen LogP contribution in [-0.4, -0.2) is 26.9 Å². The van der Waals surface area contributed by atoms with Gasteiger partial charge in [-0.1, -0.05) is 12.1 Å². The lowest BCUT2D eigenvalue weighted by molar-refractivity contribution is 0.414. The minimum absolute atomic E-state index is 0.0958. The normalized spacial score (nSPS) is 12.0. The van der Waals surface area contributed by atoms with Gasteiger partial charge in [-0.15, -0.1) is 10.2 Å². The predicted octanol–water partition coefficient (Wildman–Crippen LogP) is 3.06. The molecule has 0 saturated carbocycles. The molecule has 0 bridgehead atoms. The lowest BCUT2D eigenvalue weighted by atomic mass is 10.1. The second kappa shape index (κ2) is 6.48. The highest BCUT2D eigenvalue weighted by Gasteiger charge is 2.09. The fourth-order valence-corrected chi connectivity index (χ4v) is 2.36. The number of hydrogen-bond acceptors (Lipinski definition) is 5. The van der Waals surface area contributed by atoms with Crippen molar-refractivity contribution in [3.8, 4) is 17.3 Å². The van der Waals surface area contributed by atoms with Crippen LogP contribution in [0.3, 0.4) is 0 Å². The molecule has 0 radical (unpaired) electrons. The second-order valence-electron chi connectivity index (χ2n) is 5.31. The van der Waals surface area contributed by atoms with Gasteiger partial charge in [0.2, 0.25) is 0 Å². The van der Waals surface area contributed by atoms with Crippen LogP contribution >= 0.6 is 0 Å². The maximum absolute atomic E-state index is 5.26. The molecule has 1 N–H and O–H groups in total. The summed E-state index contributed by atoms with van der Waals surface area (Å²) in [5.41, 5.74) is 1.87. The van der Waals surface area contributed by atoms with E-state index >= 15 is 0 Å². The summed E-state index contributed by atoms with van der Waals surface area (Å²) in [6.45, 7) is 2.07. The first kappa shape index (κ1) is 15.0. The number of hydrogen-bond donors (Lipinski definition) is 1. The minimum Gasteiger partial charge on any atom is -0.497 e. The Morgan fingerprint density at radius 2 is 2.04 bits per heavy atom. The zero-order valence-electron chi connectivity index (χ0n) is 13.4. The van der Waals surface area contributed by atoms with Gasteiger partial charge in [0, 0.05) is 19.4 Å². The monoisotopic (exact) mass is 309 g/mol. The molecule has 23 heavy (non-hydrogen) atoms. The summed E-state index contributed by atoms with van der Waals surface area (Å²) in [5.74, 6) is 2.36. The summed E-state index contributed by atoms with van der Waals surface area (Å²) < 4.78 is 7.17. The number of aromatic nitrogens is 4. The van der Waals surface area contributed by atoms with E-state index in [2.05, 4.69) is 33.5 Å². The topological polar surface area (TPSA) is 64.9 Å². The lowest BCUT2D eigenvalue weighted by Gasteiger charge is -2.15. The third-order valence-electron chi connectivity index (χ3n) is 3.67. The standard InChI is InChI=1S/C17H19N5O/c1-12(13-5-4-6-14(11-13)23-3)19-16-8-7-15(20-21-16)17-18-9-10-22(17)2/h4-12H,1-3H3,(H,19,21)/t12-/m1/s1. The first-order valence-corrected chi connectivity index (χ1v) is 7.39. The SMILES string of the molecule is COc1cccc([C@@H](C)Nc2ccc(-c3nccn3C)nn2)c1. The number of benzene rings is 1. The number of ether oxygens (including phenoxy) is 1. The molecule has 6 nitrogen and oxygen atoms in total. The molecule has 0 aliphatic rings. The molecule has 0 unspecified atom stereocenters. The second-order valence-corrected chi connectivity index (χ2v) is 5.31. The van der Waals surface area contributed by atoms with Crippen LogP contribution in [0.1, 0.15) is 18.5 Å². The average molecular weight is 309 g/mol. The molecule has 0 aliphatic heterocycles. The van der Waals surface area contributed by atoms with Crippen LogP contribution in [0.25, 0.3) is 11.5 Å². The van der Waals surface area contributed by atoms with E-state index in [1.165, 1.54) is 0 Å². The summed E-state index contributed by atoms with van der Waals surface area (Å²) >= 11 is 0. The molecule has 1 atom stereocenters. The minimum atomic E-state index is 0.0958. The van der Waals surface area contributed by atoms with Crippen LogP contribution in [-0.2, 0) is 7.05 Å². The fraction of sp³-hybridized carbons (Fsp3) is 0.235. The number of methoxy groups -OCH3 is 1. The van der Waals surface area contributed by atoms with E-state index in [-0.39, 0.29) is 6.04 Å². The Kier molecular flexibility index (Phi) is 4.23. The van der Waals surface area contributed by atoms with Gasteiger partial charge in [-0.2, -0.15) is 0 Å². The first-order chi connectivity index (χ1) is 11.2. The molecule has 0 amide bonds. The zero-order chi connectivity index (χ0) is 16.2. The van der Waals surface area contributed by atoms with E-state index in [4.69, 9.17) is 4.74 Å². The highest BCUT2D eigenvalue weighted by Crippen LogP contribution is 2.22. The van der Waals surface area contributed by atoms with Crippen molar-refractivity contribution in [2.45, 2.75) is 13.0 Å². The molecule has 0 aliphatic carbocycles. The van der Waals surface area contributed by atoms with E-state index in [0.717, 1.165) is 28.6 Å². The molecule has 0 fully saturated rings. The zero-order valence-corrected chi connectivity index (χ0v) is 13.4. The van der Waals surface area contributed by atoms with Gasteiger partial charge in [-0.05, 0) is 36.8 Å². The molecule has 2 heterocycles. The van der Waals surface area contributed by atoms with Crippen molar-refractivity contribution in [2.24, 2.45) is 7.05 Å². The summed E-state index contributed by atoms with van der Waals surface area (Å²) in [5, 5.41) is 11.8. The van der Waals surface area contributed by atoms with Gasteiger partial charge >= 0.3 is 0 Å². The van der Waals surface area contributed by atoms with Crippen molar-refractivity contribution in [3.05, 3.63) is 54.4 Å². The van der Waals surface area contributed by atoms with Crippen molar-refractivity contribution in [2.75, 3.05) is 12.4 Å². The van der Waals surface area contributed by atoms with Gasteiger partial charge in [-0.3, -0.25) is 0 Å². The third kappa shape index (κ3) is 3.31. The predicted molar refractivity (Wildman–Crippen MR) is 89.3 cm³/mol. The fourth-order valence-electron chi connectivity index (χ4n) is 2.36. The molecule has 1 aromatic carbocycles. The highest BCUT2D eigenvalue weighted by molar-refractivity contribution is 5.51. The highest BCUT2D eigenvalue weighted by atomic mass is 16.5. The number of aryl methyl sites for hydroxylation is 1. The van der Waals surface area contributed by atoms with E-state index < -0.39 is 0 Å². The molecule has 2 aromatic heterocycles. The van der Waals surface area contributed by atoms with Crippen molar-refractivity contribution in [3.63, 3.8) is 0 Å². The van der Waals surface area contributed by atoms with Crippen molar-refractivity contribution < 1.29 is 4.74 Å². The summed E-state index contributed by atoms with van der Waals surface area (Å²) in [7, 11) is 3.60. The number of anilines is 1. The number of nitrogens with one attached hydrogen (secondary N) is 1. The van der Waals surface area contributed by atoms with Gasteiger partial charge < -0.3 is 14.6 Å². The van der Waals surface area contributed by atoms with Crippen LogP contribution in [0, 0.1) is 0 Å². The van der Waals surface area contributed by atoms with Gasteiger partial charge in [0.15, 0.2) is 5.82 Å². The Labute approximate surface area is 135 Å². The van der Waals surface area contributed by atoms with Gasteiger partial charge in [0.25, 0.3) is 0 Å². The maximum Gasteiger partial charge on any atom is 0.160 e. The Bertz CT molecular complexity index is 782. The molecule has 0 saturated heterocycles. The average Bonchev–Trinajstić information content (AvgIpc) is 3.01. The quantitative estimate of drug-likeness (QED) is 0.784. The van der Waals surface area contributed by atoms with E-state index in [9.17, 15) is 0 Å². The Balaban J connectivity index is 1.74. The van der Waals surface area contributed by atoms with Gasteiger partial charge in [0.05, 0.1) is 13.2 Å². The molecular weight excluding hydrogens is 290 g/mol. The van der Waals surface area contributed by atoms with Crippen molar-refractivity contribution in [1.29, 1.82) is 0 Å². The largest absolute Gasteiger partial charge is 0.497 e. The van der Waals surface area contributed by atoms with Crippen molar-refractivity contribution >= 4 is 5.82 Å². The van der Waals surface area contributed by atoms with Crippen LogP contribution < -0.4 is 10.1 Å². The summed E-state index contributed by atoms with van der Waals surface area (Å²) in [6.07, 6.45) is 3.63. The van der Waals surface area contributed by atoms with E-state index in [1.807, 2.05) is 48.1 Å². The van der Waals surface area contributed by atoms with Crippen LogP contribution in [0.4, 0.5) is 5.82 Å². The lowest BCUT2D eigenvalue weighted by Crippen LogP contribution is -2.09. The number of rotatable bonds is 5. The molecule has 3 aromatic rings. The molecule has 6 heteroatoms. The Morgan fingerprint density at radius 3 is 2.70 bits per heavy atom. The molecule has 0 spiro atoms. The van der Waals surface area contributed by atoms with Gasteiger partial charge in [0.1, 0.15) is 17.3 Å². The maximum atomic E-state index is 5.26. The van der Waals surface area contributed by atoms with Crippen LogP contribution in [0.2, 0.25) is 0 Å². The van der Waals surface area contributed by atoms with Crippen LogP contribution in [0.15, 0.2) is 48.8 Å². The summed E-state index contributed by atoms with van der Waals surface area (Å²) in [6, 6.07) is 11.9. The van der Waals surface area contributed by atoms with Gasteiger partial charge in [-0.25, -0.2) is 4.98 Å². The van der Waals surface area contributed by atoms with E-state index in [1.54, 1.807) is 13.3 Å². The van der Waals surface area contributed by atoms with Crippen molar-refractivity contribution in [1.82, 2.24) is 19.7 Å².